The highest BCUT2D eigenvalue weighted by atomic mass is 35.6. The molecule has 0 N–H and O–H groups in total. The standard InChI is InChI=1S/C9H16Cl3NO3/c1-6(2)4-7(3)16-8(5-13(14)15)9(10,11)12/h6-8H,4-5H2,1-3H3/t7-,8+/m1/s1. The molecule has 0 saturated heterocycles. The molecule has 7 heteroatoms. The lowest BCUT2D eigenvalue weighted by molar-refractivity contribution is -0.492. The normalized spacial score (nSPS) is 16.2. The molecule has 2 atom stereocenters. The molecule has 0 fully saturated rings. The minimum atomic E-state index is -1.78. The number of rotatable bonds is 6. The minimum absolute atomic E-state index is 0.180. The third kappa shape index (κ3) is 7.49. The van der Waals surface area contributed by atoms with E-state index in [4.69, 9.17) is 39.5 Å². The van der Waals surface area contributed by atoms with E-state index in [1.807, 2.05) is 20.8 Å². The molecule has 4 nitrogen and oxygen atoms in total. The van der Waals surface area contributed by atoms with Crippen molar-refractivity contribution in [1.29, 1.82) is 0 Å². The maximum atomic E-state index is 10.4. The first kappa shape index (κ1) is 16.2. The Bertz CT molecular complexity index is 231. The summed E-state index contributed by atoms with van der Waals surface area (Å²) >= 11 is 16.9. The van der Waals surface area contributed by atoms with Crippen molar-refractivity contribution in [2.24, 2.45) is 5.92 Å². The van der Waals surface area contributed by atoms with Crippen LogP contribution in [0.15, 0.2) is 0 Å². The molecule has 96 valence electrons. The van der Waals surface area contributed by atoms with E-state index in [-0.39, 0.29) is 6.10 Å². The Morgan fingerprint density at radius 2 is 1.81 bits per heavy atom. The van der Waals surface area contributed by atoms with Crippen LogP contribution in [0.3, 0.4) is 0 Å². The van der Waals surface area contributed by atoms with Gasteiger partial charge in [-0.2, -0.15) is 0 Å². The van der Waals surface area contributed by atoms with Crippen molar-refractivity contribution in [3.63, 3.8) is 0 Å². The average Bonchev–Trinajstić information content (AvgIpc) is 1.98. The van der Waals surface area contributed by atoms with Crippen LogP contribution < -0.4 is 0 Å². The topological polar surface area (TPSA) is 52.4 Å². The Labute approximate surface area is 110 Å². The quantitative estimate of drug-likeness (QED) is 0.428. The van der Waals surface area contributed by atoms with E-state index in [0.717, 1.165) is 6.42 Å². The van der Waals surface area contributed by atoms with Crippen LogP contribution in [-0.2, 0) is 4.74 Å². The van der Waals surface area contributed by atoms with Crippen molar-refractivity contribution >= 4 is 34.8 Å². The molecule has 0 aromatic carbocycles. The van der Waals surface area contributed by atoms with Crippen molar-refractivity contribution in [3.8, 4) is 0 Å². The third-order valence-electron chi connectivity index (χ3n) is 1.88. The highest BCUT2D eigenvalue weighted by Crippen LogP contribution is 2.33. The summed E-state index contributed by atoms with van der Waals surface area (Å²) in [5.41, 5.74) is 0. The summed E-state index contributed by atoms with van der Waals surface area (Å²) in [7, 11) is 0. The van der Waals surface area contributed by atoms with Gasteiger partial charge in [-0.1, -0.05) is 48.7 Å². The van der Waals surface area contributed by atoms with Gasteiger partial charge in [0.05, 0.1) is 6.10 Å². The molecule has 0 spiro atoms. The van der Waals surface area contributed by atoms with E-state index in [0.29, 0.717) is 5.92 Å². The van der Waals surface area contributed by atoms with E-state index in [1.165, 1.54) is 0 Å². The lowest BCUT2D eigenvalue weighted by Gasteiger charge is -2.25. The Kier molecular flexibility index (Phi) is 6.94. The van der Waals surface area contributed by atoms with Gasteiger partial charge in [-0.05, 0) is 19.3 Å². The number of nitro groups is 1. The number of nitrogens with zero attached hydrogens (tertiary/aromatic N) is 1. The SMILES string of the molecule is CC(C)C[C@@H](C)O[C@@H](C[N+](=O)[O-])C(Cl)(Cl)Cl. The minimum Gasteiger partial charge on any atom is -0.364 e. The first-order chi connectivity index (χ1) is 7.12. The van der Waals surface area contributed by atoms with Crippen molar-refractivity contribution in [3.05, 3.63) is 10.1 Å². The van der Waals surface area contributed by atoms with Crippen molar-refractivity contribution < 1.29 is 9.66 Å². The van der Waals surface area contributed by atoms with Crippen LogP contribution in [0.2, 0.25) is 0 Å². The van der Waals surface area contributed by atoms with E-state index in [9.17, 15) is 10.1 Å². The van der Waals surface area contributed by atoms with Crippen LogP contribution >= 0.6 is 34.8 Å². The molecule has 0 aliphatic rings. The van der Waals surface area contributed by atoms with Gasteiger partial charge in [0.2, 0.25) is 10.3 Å². The zero-order valence-electron chi connectivity index (χ0n) is 9.45. The summed E-state index contributed by atoms with van der Waals surface area (Å²) in [6, 6.07) is 0. The first-order valence-electron chi connectivity index (χ1n) is 4.97. The lowest BCUT2D eigenvalue weighted by Crippen LogP contribution is -2.38. The predicted molar refractivity (Wildman–Crippen MR) is 65.9 cm³/mol. The first-order valence-corrected chi connectivity index (χ1v) is 6.10. The Morgan fingerprint density at radius 3 is 2.12 bits per heavy atom. The number of halogens is 3. The van der Waals surface area contributed by atoms with Crippen LogP contribution in [-0.4, -0.2) is 27.5 Å². The molecule has 0 aromatic rings. The zero-order valence-corrected chi connectivity index (χ0v) is 11.7. The molecule has 0 aromatic heterocycles. The molecule has 0 bridgehead atoms. The maximum Gasteiger partial charge on any atom is 0.233 e. The molecule has 16 heavy (non-hydrogen) atoms. The van der Waals surface area contributed by atoms with Gasteiger partial charge in [0.25, 0.3) is 0 Å². The van der Waals surface area contributed by atoms with Crippen molar-refractivity contribution in [2.45, 2.75) is 43.2 Å². The third-order valence-corrected chi connectivity index (χ3v) is 2.61. The largest absolute Gasteiger partial charge is 0.364 e. The highest BCUT2D eigenvalue weighted by molar-refractivity contribution is 6.68. The smallest absolute Gasteiger partial charge is 0.233 e. The zero-order chi connectivity index (χ0) is 12.9. The fourth-order valence-corrected chi connectivity index (χ4v) is 1.72. The van der Waals surface area contributed by atoms with Gasteiger partial charge in [-0.25, -0.2) is 0 Å². The van der Waals surface area contributed by atoms with E-state index >= 15 is 0 Å². The van der Waals surface area contributed by atoms with Crippen LogP contribution in [0.25, 0.3) is 0 Å². The van der Waals surface area contributed by atoms with Crippen LogP contribution in [0.1, 0.15) is 27.2 Å². The van der Waals surface area contributed by atoms with Gasteiger partial charge in [0.1, 0.15) is 0 Å². The van der Waals surface area contributed by atoms with Gasteiger partial charge in [-0.15, -0.1) is 0 Å². The lowest BCUT2D eigenvalue weighted by atomic mass is 10.1. The van der Waals surface area contributed by atoms with Gasteiger partial charge in [0, 0.05) is 4.92 Å². The second-order valence-corrected chi connectivity index (χ2v) is 6.49. The summed E-state index contributed by atoms with van der Waals surface area (Å²) in [5, 5.41) is 10.4. The Balaban J connectivity index is 4.37. The average molecular weight is 293 g/mol. The fraction of sp³-hybridized carbons (Fsp3) is 1.00. The van der Waals surface area contributed by atoms with Gasteiger partial charge < -0.3 is 4.74 Å². The number of hydrogen-bond donors (Lipinski definition) is 0. The van der Waals surface area contributed by atoms with Crippen molar-refractivity contribution in [2.75, 3.05) is 6.54 Å². The van der Waals surface area contributed by atoms with Gasteiger partial charge in [0.15, 0.2) is 6.10 Å². The van der Waals surface area contributed by atoms with Crippen LogP contribution in [0.4, 0.5) is 0 Å². The van der Waals surface area contributed by atoms with E-state index in [2.05, 4.69) is 0 Å². The predicted octanol–water partition coefficient (Wildman–Crippen LogP) is 3.45. The van der Waals surface area contributed by atoms with E-state index in [1.54, 1.807) is 0 Å². The summed E-state index contributed by atoms with van der Waals surface area (Å²) in [6.07, 6.45) is -0.448. The van der Waals surface area contributed by atoms with Gasteiger partial charge >= 0.3 is 0 Å². The molecule has 0 radical (unpaired) electrons. The summed E-state index contributed by atoms with van der Waals surface area (Å²) in [4.78, 5) is 9.86. The molecular weight excluding hydrogens is 276 g/mol. The maximum absolute atomic E-state index is 10.4. The Hall–Kier alpha value is 0.230. The highest BCUT2D eigenvalue weighted by Gasteiger charge is 2.38. The molecule has 0 unspecified atom stereocenters. The molecule has 0 amide bonds. The van der Waals surface area contributed by atoms with Crippen LogP contribution in [0, 0.1) is 16.0 Å². The molecule has 0 aliphatic carbocycles. The van der Waals surface area contributed by atoms with Crippen LogP contribution in [0.5, 0.6) is 0 Å². The molecule has 0 heterocycles. The summed E-state index contributed by atoms with van der Waals surface area (Å²) < 4.78 is 3.62. The number of alkyl halides is 3. The molecule has 0 saturated carbocycles. The summed E-state index contributed by atoms with van der Waals surface area (Å²) in [6.45, 7) is 5.34. The monoisotopic (exact) mass is 291 g/mol. The second kappa shape index (κ2) is 6.84. The van der Waals surface area contributed by atoms with E-state index < -0.39 is 21.4 Å². The molecule has 0 aliphatic heterocycles. The fourth-order valence-electron chi connectivity index (χ4n) is 1.36. The number of hydrogen-bond acceptors (Lipinski definition) is 3. The Morgan fingerprint density at radius 1 is 1.31 bits per heavy atom. The number of ether oxygens (including phenoxy) is 1. The summed E-state index contributed by atoms with van der Waals surface area (Å²) in [5.74, 6) is 0.418. The second-order valence-electron chi connectivity index (χ2n) is 4.12. The molecule has 0 rings (SSSR count). The molecular formula is C9H16Cl3NO3. The van der Waals surface area contributed by atoms with Gasteiger partial charge in [-0.3, -0.25) is 10.1 Å². The van der Waals surface area contributed by atoms with Crippen molar-refractivity contribution in [1.82, 2.24) is 0 Å².